The number of halogens is 1. The number of pyridine rings is 2. The summed E-state index contributed by atoms with van der Waals surface area (Å²) in [5.41, 5.74) is 2.16. The number of anilines is 2. The number of piperidine rings is 1. The lowest BCUT2D eigenvalue weighted by Crippen LogP contribution is -2.39. The predicted octanol–water partition coefficient (Wildman–Crippen LogP) is 3.87. The molecule has 3 aromatic rings. The molecule has 2 aromatic heterocycles. The third-order valence-corrected chi connectivity index (χ3v) is 7.60. The average Bonchev–Trinajstić information content (AvgIpc) is 3.00. The zero-order valence-electron chi connectivity index (χ0n) is 23.8. The predicted molar refractivity (Wildman–Crippen MR) is 155 cm³/mol. The molecule has 0 spiro atoms. The van der Waals surface area contributed by atoms with Gasteiger partial charge < -0.3 is 24.8 Å². The third-order valence-electron chi connectivity index (χ3n) is 7.60. The van der Waals surface area contributed by atoms with Crippen LogP contribution in [0.2, 0.25) is 0 Å². The number of rotatable bonds is 11. The fraction of sp³-hybridized carbons (Fsp3) is 0.387. The number of aromatic nitrogens is 2. The summed E-state index contributed by atoms with van der Waals surface area (Å²) < 4.78 is 30.5. The Labute approximate surface area is 249 Å². The summed E-state index contributed by atoms with van der Waals surface area (Å²) in [5.74, 6) is -0.230. The molecule has 0 aliphatic carbocycles. The Bertz CT molecular complexity index is 1500. The molecule has 4 heterocycles. The van der Waals surface area contributed by atoms with Gasteiger partial charge in [0.05, 0.1) is 37.1 Å². The molecule has 1 aromatic carbocycles. The van der Waals surface area contributed by atoms with E-state index >= 15 is 0 Å². The monoisotopic (exact) mass is 588 g/mol. The van der Waals surface area contributed by atoms with E-state index in [9.17, 15) is 14.0 Å². The van der Waals surface area contributed by atoms with Crippen LogP contribution in [0.1, 0.15) is 52.4 Å². The lowest BCUT2D eigenvalue weighted by molar-refractivity contribution is -0.117. The number of ether oxygens (including phenoxy) is 3. The van der Waals surface area contributed by atoms with Crippen molar-refractivity contribution in [1.82, 2.24) is 14.9 Å². The minimum atomic E-state index is -0.563. The van der Waals surface area contributed by atoms with Crippen LogP contribution < -0.4 is 15.4 Å². The highest BCUT2D eigenvalue weighted by Crippen LogP contribution is 2.33. The number of amides is 1. The summed E-state index contributed by atoms with van der Waals surface area (Å²) >= 11 is 0. The maximum Gasteiger partial charge on any atom is 0.356 e. The minimum absolute atomic E-state index is 0.000558. The average molecular weight is 589 g/mol. The Morgan fingerprint density at radius 1 is 1.19 bits per heavy atom. The molecule has 0 saturated carbocycles. The number of likely N-dealkylation sites (tertiary alicyclic amines) is 1. The van der Waals surface area contributed by atoms with Gasteiger partial charge in [0.1, 0.15) is 12.4 Å². The quantitative estimate of drug-likeness (QED) is 0.318. The second-order valence-electron chi connectivity index (χ2n) is 10.4. The second-order valence-corrected chi connectivity index (χ2v) is 10.4. The molecule has 2 aliphatic heterocycles. The van der Waals surface area contributed by atoms with Crippen molar-refractivity contribution in [2.24, 2.45) is 0 Å². The van der Waals surface area contributed by atoms with Crippen molar-refractivity contribution in [3.8, 4) is 11.9 Å². The van der Waals surface area contributed by atoms with E-state index in [-0.39, 0.29) is 42.3 Å². The van der Waals surface area contributed by atoms with Crippen LogP contribution in [0.15, 0.2) is 48.7 Å². The van der Waals surface area contributed by atoms with Crippen LogP contribution in [-0.2, 0) is 20.9 Å². The molecular formula is C31H33FN6O5. The molecule has 12 heteroatoms. The summed E-state index contributed by atoms with van der Waals surface area (Å²) in [5, 5.41) is 15.1. The topological polar surface area (TPSA) is 139 Å². The molecule has 1 atom stereocenters. The van der Waals surface area contributed by atoms with Gasteiger partial charge in [0, 0.05) is 30.5 Å². The molecule has 1 amide bonds. The van der Waals surface area contributed by atoms with E-state index in [1.54, 1.807) is 24.4 Å². The summed E-state index contributed by atoms with van der Waals surface area (Å²) in [4.78, 5) is 35.8. The van der Waals surface area contributed by atoms with E-state index in [2.05, 4.69) is 25.5 Å². The number of nitrogens with one attached hydrogen (secondary N) is 2. The molecule has 0 bridgehead atoms. The number of benzene rings is 1. The van der Waals surface area contributed by atoms with Gasteiger partial charge in [-0.2, -0.15) is 5.26 Å². The Hall–Kier alpha value is -4.60. The van der Waals surface area contributed by atoms with Crippen molar-refractivity contribution in [3.05, 3.63) is 76.9 Å². The molecule has 2 aliphatic rings. The number of nitrogens with zero attached hydrogens (tertiary/aromatic N) is 4. The first-order valence-corrected chi connectivity index (χ1v) is 14.2. The van der Waals surface area contributed by atoms with Crippen LogP contribution in [0, 0.1) is 17.1 Å². The van der Waals surface area contributed by atoms with Crippen molar-refractivity contribution < 1.29 is 28.2 Å². The lowest BCUT2D eigenvalue weighted by atomic mass is 9.90. The highest BCUT2D eigenvalue weighted by atomic mass is 19.1. The largest absolute Gasteiger partial charge is 0.472 e. The van der Waals surface area contributed by atoms with Crippen molar-refractivity contribution in [3.63, 3.8) is 0 Å². The van der Waals surface area contributed by atoms with Gasteiger partial charge in [-0.15, -0.1) is 0 Å². The molecule has 224 valence electrons. The summed E-state index contributed by atoms with van der Waals surface area (Å²) in [7, 11) is 1.29. The van der Waals surface area contributed by atoms with Crippen LogP contribution >= 0.6 is 0 Å². The molecule has 5 rings (SSSR count). The number of carbonyl (C=O) groups is 2. The van der Waals surface area contributed by atoms with Gasteiger partial charge in [-0.3, -0.25) is 9.69 Å². The van der Waals surface area contributed by atoms with Crippen LogP contribution in [0.4, 0.5) is 15.9 Å². The van der Waals surface area contributed by atoms with Gasteiger partial charge in [-0.25, -0.2) is 19.2 Å². The number of methoxy groups -OCH3 is 1. The number of carbonyl (C=O) groups excluding carboxylic acids is 2. The first-order chi connectivity index (χ1) is 20.9. The van der Waals surface area contributed by atoms with E-state index in [1.807, 2.05) is 18.2 Å². The maximum absolute atomic E-state index is 14.3. The summed E-state index contributed by atoms with van der Waals surface area (Å²) in [6, 6.07) is 13.2. The Morgan fingerprint density at radius 2 is 2.00 bits per heavy atom. The molecule has 0 unspecified atom stereocenters. The summed E-state index contributed by atoms with van der Waals surface area (Å²) in [6.45, 7) is 2.82. The highest BCUT2D eigenvalue weighted by molar-refractivity contribution is 5.96. The van der Waals surface area contributed by atoms with Crippen molar-refractivity contribution in [1.29, 1.82) is 5.26 Å². The van der Waals surface area contributed by atoms with E-state index in [1.165, 1.54) is 19.2 Å². The number of hydrogen-bond donors (Lipinski definition) is 2. The fourth-order valence-corrected chi connectivity index (χ4v) is 5.08. The Kier molecular flexibility index (Phi) is 9.76. The van der Waals surface area contributed by atoms with Crippen molar-refractivity contribution in [2.45, 2.75) is 37.9 Å². The van der Waals surface area contributed by atoms with Crippen LogP contribution in [0.5, 0.6) is 5.88 Å². The zero-order chi connectivity index (χ0) is 30.2. The Balaban J connectivity index is 1.16. The van der Waals surface area contributed by atoms with Gasteiger partial charge in [-0.1, -0.05) is 12.1 Å². The van der Waals surface area contributed by atoms with Crippen LogP contribution in [0.3, 0.4) is 0 Å². The standard InChI is InChI=1S/C31H33FN6O5/c1-41-31(40)27-7-6-26(29(37-27)35-17-23-10-14-42-23)36-28(39)18-38-12-8-21(9-13-38)24-3-2-11-34-30(24)43-19-22-5-4-20(16-33)15-25(22)32/h2-7,11,15,21,23H,8-10,12-14,17-19H2,1H3,(H,35,37)(H,36,39)/t23-/m0/s1. The SMILES string of the molecule is COC(=O)c1ccc(NC(=O)CN2CCC(c3cccnc3OCc3ccc(C#N)cc3F)CC2)c(NC[C@@H]2CCO2)n1. The lowest BCUT2D eigenvalue weighted by Gasteiger charge is -2.32. The first-order valence-electron chi connectivity index (χ1n) is 14.2. The summed E-state index contributed by atoms with van der Waals surface area (Å²) in [6.07, 6.45) is 4.23. The number of esters is 1. The fourth-order valence-electron chi connectivity index (χ4n) is 5.08. The molecule has 43 heavy (non-hydrogen) atoms. The van der Waals surface area contributed by atoms with E-state index in [0.717, 1.165) is 31.4 Å². The van der Waals surface area contributed by atoms with Crippen LogP contribution in [0.25, 0.3) is 0 Å². The molecule has 2 N–H and O–H groups in total. The smallest absolute Gasteiger partial charge is 0.356 e. The van der Waals surface area contributed by atoms with Gasteiger partial charge in [-0.05, 0) is 68.6 Å². The normalized spacial score (nSPS) is 16.9. The first kappa shape index (κ1) is 29.9. The highest BCUT2D eigenvalue weighted by Gasteiger charge is 2.26. The number of hydrogen-bond acceptors (Lipinski definition) is 10. The van der Waals surface area contributed by atoms with Crippen LogP contribution in [-0.4, -0.2) is 72.7 Å². The third kappa shape index (κ3) is 7.63. The maximum atomic E-state index is 14.3. The van der Waals surface area contributed by atoms with Gasteiger partial charge in [0.25, 0.3) is 0 Å². The second kappa shape index (κ2) is 14.0. The van der Waals surface area contributed by atoms with E-state index in [0.29, 0.717) is 42.6 Å². The molecule has 11 nitrogen and oxygen atoms in total. The molecule has 0 radical (unpaired) electrons. The van der Waals surface area contributed by atoms with E-state index < -0.39 is 11.8 Å². The van der Waals surface area contributed by atoms with Gasteiger partial charge in [0.15, 0.2) is 11.5 Å². The molecular weight excluding hydrogens is 555 g/mol. The van der Waals surface area contributed by atoms with Crippen molar-refractivity contribution >= 4 is 23.4 Å². The number of nitriles is 1. The van der Waals surface area contributed by atoms with Gasteiger partial charge in [0.2, 0.25) is 11.8 Å². The minimum Gasteiger partial charge on any atom is -0.472 e. The van der Waals surface area contributed by atoms with Gasteiger partial charge >= 0.3 is 5.97 Å². The van der Waals surface area contributed by atoms with Crippen molar-refractivity contribution in [2.75, 3.05) is 50.5 Å². The molecule has 2 fully saturated rings. The van der Waals surface area contributed by atoms with E-state index in [4.69, 9.17) is 19.5 Å². The molecule has 2 saturated heterocycles. The zero-order valence-corrected chi connectivity index (χ0v) is 23.8. The Morgan fingerprint density at radius 3 is 2.70 bits per heavy atom.